The smallest absolute Gasteiger partial charge is 0.224 e. The molecule has 1 saturated heterocycles. The van der Waals surface area contributed by atoms with Crippen LogP contribution in [0.1, 0.15) is 17.9 Å². The number of ether oxygens (including phenoxy) is 2. The topological polar surface area (TPSA) is 62.6 Å². The van der Waals surface area contributed by atoms with Gasteiger partial charge in [0.15, 0.2) is 0 Å². The Morgan fingerprint density at radius 1 is 1.40 bits per heavy atom. The molecule has 0 saturated carbocycles. The summed E-state index contributed by atoms with van der Waals surface area (Å²) < 4.78 is 10.3. The van der Waals surface area contributed by atoms with Gasteiger partial charge in [-0.05, 0) is 17.7 Å². The number of nitrogens with zero attached hydrogens (tertiary/aromatic N) is 2. The molecule has 0 aromatic heterocycles. The molecule has 2 rings (SSSR count). The van der Waals surface area contributed by atoms with Crippen LogP contribution >= 0.6 is 0 Å². The van der Waals surface area contributed by atoms with Crippen LogP contribution in [0.4, 0.5) is 0 Å². The summed E-state index contributed by atoms with van der Waals surface area (Å²) in [7, 11) is 1.60. The number of methoxy groups -OCH3 is 1. The largest absolute Gasteiger partial charge is 0.497 e. The Kier molecular flexibility index (Phi) is 4.97. The molecule has 20 heavy (non-hydrogen) atoms. The molecule has 5 nitrogen and oxygen atoms in total. The number of nitriles is 1. The van der Waals surface area contributed by atoms with E-state index < -0.39 is 5.92 Å². The van der Waals surface area contributed by atoms with Crippen LogP contribution in [0.25, 0.3) is 0 Å². The van der Waals surface area contributed by atoms with Crippen molar-refractivity contribution < 1.29 is 14.3 Å². The molecule has 1 aromatic carbocycles. The summed E-state index contributed by atoms with van der Waals surface area (Å²) in [5, 5.41) is 9.28. The number of carbonyl (C=O) groups is 1. The molecule has 1 aromatic rings. The summed E-state index contributed by atoms with van der Waals surface area (Å²) in [5.74, 6) is 0.330. The van der Waals surface area contributed by atoms with E-state index in [1.165, 1.54) is 0 Å². The standard InChI is InChI=1S/C15H18N2O3/c1-19-14-4-2-12(3-5-14)13(11-16)10-15(18)17-6-8-20-9-7-17/h2-5,13H,6-10H2,1H3. The van der Waals surface area contributed by atoms with Gasteiger partial charge in [-0.15, -0.1) is 0 Å². The summed E-state index contributed by atoms with van der Waals surface area (Å²) in [6.07, 6.45) is 0.211. The van der Waals surface area contributed by atoms with Crippen molar-refractivity contribution in [2.24, 2.45) is 0 Å². The maximum Gasteiger partial charge on any atom is 0.224 e. The third-order valence-corrected chi connectivity index (χ3v) is 3.42. The molecule has 1 aliphatic rings. The molecular weight excluding hydrogens is 256 g/mol. The van der Waals surface area contributed by atoms with Crippen molar-refractivity contribution in [1.29, 1.82) is 5.26 Å². The number of rotatable bonds is 4. The molecule has 5 heteroatoms. The van der Waals surface area contributed by atoms with Crippen LogP contribution in [0.3, 0.4) is 0 Å². The van der Waals surface area contributed by atoms with E-state index >= 15 is 0 Å². The predicted molar refractivity (Wildman–Crippen MR) is 73.4 cm³/mol. The lowest BCUT2D eigenvalue weighted by Crippen LogP contribution is -2.41. The fraction of sp³-hybridized carbons (Fsp3) is 0.467. The third-order valence-electron chi connectivity index (χ3n) is 3.42. The highest BCUT2D eigenvalue weighted by Crippen LogP contribution is 2.22. The quantitative estimate of drug-likeness (QED) is 0.835. The molecule has 0 aliphatic carbocycles. The zero-order valence-corrected chi connectivity index (χ0v) is 11.5. The number of hydrogen-bond acceptors (Lipinski definition) is 4. The molecule has 1 unspecified atom stereocenters. The maximum atomic E-state index is 12.2. The first-order valence-electron chi connectivity index (χ1n) is 6.63. The highest BCUT2D eigenvalue weighted by Gasteiger charge is 2.22. The average molecular weight is 274 g/mol. The van der Waals surface area contributed by atoms with Crippen molar-refractivity contribution in [3.05, 3.63) is 29.8 Å². The average Bonchev–Trinajstić information content (AvgIpc) is 2.53. The van der Waals surface area contributed by atoms with Crippen molar-refractivity contribution in [3.8, 4) is 11.8 Å². The summed E-state index contributed by atoms with van der Waals surface area (Å²) >= 11 is 0. The highest BCUT2D eigenvalue weighted by molar-refractivity contribution is 5.77. The number of hydrogen-bond donors (Lipinski definition) is 0. The number of carbonyl (C=O) groups excluding carboxylic acids is 1. The van der Waals surface area contributed by atoms with E-state index in [4.69, 9.17) is 9.47 Å². The molecule has 0 radical (unpaired) electrons. The van der Waals surface area contributed by atoms with Crippen LogP contribution in [0, 0.1) is 11.3 Å². The lowest BCUT2D eigenvalue weighted by Gasteiger charge is -2.27. The maximum absolute atomic E-state index is 12.2. The highest BCUT2D eigenvalue weighted by atomic mass is 16.5. The Bertz CT molecular complexity index is 487. The van der Waals surface area contributed by atoms with Crippen molar-refractivity contribution in [2.75, 3.05) is 33.4 Å². The van der Waals surface area contributed by atoms with E-state index in [9.17, 15) is 10.1 Å². The van der Waals surface area contributed by atoms with Gasteiger partial charge in [-0.3, -0.25) is 4.79 Å². The molecule has 1 atom stereocenters. The van der Waals surface area contributed by atoms with Crippen LogP contribution in [0.5, 0.6) is 5.75 Å². The second kappa shape index (κ2) is 6.92. The van der Waals surface area contributed by atoms with Crippen molar-refractivity contribution in [3.63, 3.8) is 0 Å². The van der Waals surface area contributed by atoms with Gasteiger partial charge in [0, 0.05) is 19.5 Å². The van der Waals surface area contributed by atoms with E-state index in [0.29, 0.717) is 26.3 Å². The fourth-order valence-corrected chi connectivity index (χ4v) is 2.19. The SMILES string of the molecule is COc1ccc(C(C#N)CC(=O)N2CCOCC2)cc1. The molecule has 1 amide bonds. The Balaban J connectivity index is 2.00. The van der Waals surface area contributed by atoms with E-state index in [0.717, 1.165) is 11.3 Å². The van der Waals surface area contributed by atoms with E-state index in [2.05, 4.69) is 6.07 Å². The fourth-order valence-electron chi connectivity index (χ4n) is 2.19. The van der Waals surface area contributed by atoms with Crippen molar-refractivity contribution >= 4 is 5.91 Å². The van der Waals surface area contributed by atoms with Crippen LogP contribution in [-0.2, 0) is 9.53 Å². The van der Waals surface area contributed by atoms with E-state index in [1.807, 2.05) is 12.1 Å². The Morgan fingerprint density at radius 3 is 2.60 bits per heavy atom. The first-order valence-corrected chi connectivity index (χ1v) is 6.63. The predicted octanol–water partition coefficient (Wildman–Crippen LogP) is 1.55. The third kappa shape index (κ3) is 3.49. The Labute approximate surface area is 118 Å². The zero-order chi connectivity index (χ0) is 14.4. The first-order chi connectivity index (χ1) is 9.74. The molecule has 1 heterocycles. The molecule has 0 bridgehead atoms. The minimum Gasteiger partial charge on any atom is -0.497 e. The van der Waals surface area contributed by atoms with Gasteiger partial charge in [-0.25, -0.2) is 0 Å². The van der Waals surface area contributed by atoms with Gasteiger partial charge >= 0.3 is 0 Å². The molecule has 0 spiro atoms. The summed E-state index contributed by atoms with van der Waals surface area (Å²) in [5.41, 5.74) is 0.843. The number of amides is 1. The Morgan fingerprint density at radius 2 is 2.05 bits per heavy atom. The van der Waals surface area contributed by atoms with E-state index in [-0.39, 0.29) is 12.3 Å². The van der Waals surface area contributed by atoms with E-state index in [1.54, 1.807) is 24.1 Å². The van der Waals surface area contributed by atoms with Gasteiger partial charge in [-0.1, -0.05) is 12.1 Å². The number of morpholine rings is 1. The van der Waals surface area contributed by atoms with Crippen LogP contribution in [0.15, 0.2) is 24.3 Å². The van der Waals surface area contributed by atoms with Gasteiger partial charge < -0.3 is 14.4 Å². The molecule has 0 N–H and O–H groups in total. The molecular formula is C15H18N2O3. The summed E-state index contributed by atoms with van der Waals surface area (Å²) in [4.78, 5) is 13.9. The lowest BCUT2D eigenvalue weighted by atomic mass is 9.96. The minimum atomic E-state index is -0.420. The second-order valence-electron chi connectivity index (χ2n) is 4.65. The lowest BCUT2D eigenvalue weighted by molar-refractivity contribution is -0.135. The van der Waals surface area contributed by atoms with Crippen molar-refractivity contribution in [1.82, 2.24) is 4.90 Å². The first kappa shape index (κ1) is 14.4. The monoisotopic (exact) mass is 274 g/mol. The molecule has 1 fully saturated rings. The Hall–Kier alpha value is -2.06. The summed E-state index contributed by atoms with van der Waals surface area (Å²) in [6, 6.07) is 9.48. The minimum absolute atomic E-state index is 0.00988. The zero-order valence-electron chi connectivity index (χ0n) is 11.5. The summed E-state index contributed by atoms with van der Waals surface area (Å²) in [6.45, 7) is 2.37. The van der Waals surface area contributed by atoms with Gasteiger partial charge in [0.25, 0.3) is 0 Å². The van der Waals surface area contributed by atoms with Crippen LogP contribution < -0.4 is 4.74 Å². The van der Waals surface area contributed by atoms with Crippen LogP contribution in [-0.4, -0.2) is 44.2 Å². The van der Waals surface area contributed by atoms with Crippen molar-refractivity contribution in [2.45, 2.75) is 12.3 Å². The van der Waals surface area contributed by atoms with Gasteiger partial charge in [-0.2, -0.15) is 5.26 Å². The van der Waals surface area contributed by atoms with Crippen LogP contribution in [0.2, 0.25) is 0 Å². The van der Waals surface area contributed by atoms with Gasteiger partial charge in [0.1, 0.15) is 5.75 Å². The number of benzene rings is 1. The van der Waals surface area contributed by atoms with Gasteiger partial charge in [0.2, 0.25) is 5.91 Å². The second-order valence-corrected chi connectivity index (χ2v) is 4.65. The van der Waals surface area contributed by atoms with Gasteiger partial charge in [0.05, 0.1) is 32.3 Å². The normalized spacial score (nSPS) is 16.3. The molecule has 106 valence electrons. The molecule has 1 aliphatic heterocycles.